The van der Waals surface area contributed by atoms with Crippen molar-refractivity contribution in [2.24, 2.45) is 0 Å². The van der Waals surface area contributed by atoms with Crippen molar-refractivity contribution in [2.75, 3.05) is 0 Å². The first-order chi connectivity index (χ1) is 10.1. The minimum absolute atomic E-state index is 0.123. The standard InChI is InChI=1S/C16H11FN2O2/c17-12-7-5-11(6-8-12)15(20)9-19-10-18-14-4-2-1-3-13(14)16(19)21/h1-8,10H,9H2. The topological polar surface area (TPSA) is 52.0 Å². The van der Waals surface area contributed by atoms with Crippen LogP contribution in [-0.4, -0.2) is 15.3 Å². The lowest BCUT2D eigenvalue weighted by Crippen LogP contribution is -2.24. The monoisotopic (exact) mass is 282 g/mol. The van der Waals surface area contributed by atoms with Gasteiger partial charge in [0.2, 0.25) is 0 Å². The van der Waals surface area contributed by atoms with Crippen molar-refractivity contribution < 1.29 is 9.18 Å². The Morgan fingerprint density at radius 1 is 1.10 bits per heavy atom. The molecule has 0 aliphatic carbocycles. The van der Waals surface area contributed by atoms with Crippen molar-refractivity contribution in [3.63, 3.8) is 0 Å². The number of carbonyl (C=O) groups is 1. The highest BCUT2D eigenvalue weighted by Gasteiger charge is 2.10. The number of benzene rings is 2. The molecule has 0 N–H and O–H groups in total. The number of hydrogen-bond acceptors (Lipinski definition) is 3. The zero-order valence-corrected chi connectivity index (χ0v) is 11.0. The number of para-hydroxylation sites is 1. The largest absolute Gasteiger partial charge is 0.292 e. The summed E-state index contributed by atoms with van der Waals surface area (Å²) in [5.41, 5.74) is 0.681. The summed E-state index contributed by atoms with van der Waals surface area (Å²) >= 11 is 0. The highest BCUT2D eigenvalue weighted by molar-refractivity contribution is 5.96. The number of hydrogen-bond donors (Lipinski definition) is 0. The molecule has 21 heavy (non-hydrogen) atoms. The molecule has 4 nitrogen and oxygen atoms in total. The predicted molar refractivity (Wildman–Crippen MR) is 76.7 cm³/mol. The van der Waals surface area contributed by atoms with E-state index in [1.807, 2.05) is 0 Å². The molecule has 0 aliphatic rings. The molecule has 0 unspecified atom stereocenters. The lowest BCUT2D eigenvalue weighted by atomic mass is 10.1. The van der Waals surface area contributed by atoms with Gasteiger partial charge in [0.15, 0.2) is 5.78 Å². The van der Waals surface area contributed by atoms with E-state index in [2.05, 4.69) is 4.98 Å². The van der Waals surface area contributed by atoms with Crippen LogP contribution < -0.4 is 5.56 Å². The van der Waals surface area contributed by atoms with Crippen LogP contribution in [0, 0.1) is 5.82 Å². The fraction of sp³-hybridized carbons (Fsp3) is 0.0625. The number of carbonyl (C=O) groups excluding carboxylic acids is 1. The molecule has 1 aromatic heterocycles. The normalized spacial score (nSPS) is 10.7. The minimum atomic E-state index is -0.406. The third-order valence-electron chi connectivity index (χ3n) is 3.21. The van der Waals surface area contributed by atoms with Gasteiger partial charge in [-0.15, -0.1) is 0 Å². The van der Waals surface area contributed by atoms with Crippen molar-refractivity contribution in [2.45, 2.75) is 6.54 Å². The van der Waals surface area contributed by atoms with Gasteiger partial charge in [0.1, 0.15) is 5.82 Å². The average molecular weight is 282 g/mol. The molecule has 0 radical (unpaired) electrons. The maximum atomic E-state index is 12.8. The molecule has 0 amide bonds. The van der Waals surface area contributed by atoms with Gasteiger partial charge < -0.3 is 0 Å². The Kier molecular flexibility index (Phi) is 3.31. The third kappa shape index (κ3) is 2.58. The van der Waals surface area contributed by atoms with Crippen molar-refractivity contribution in [1.82, 2.24) is 9.55 Å². The van der Waals surface area contributed by atoms with Crippen LogP contribution in [0.4, 0.5) is 4.39 Å². The molecule has 0 saturated heterocycles. The molecule has 0 spiro atoms. The molecule has 5 heteroatoms. The molecule has 0 aliphatic heterocycles. The summed E-state index contributed by atoms with van der Waals surface area (Å²) in [5, 5.41) is 0.465. The highest BCUT2D eigenvalue weighted by atomic mass is 19.1. The van der Waals surface area contributed by atoms with Gasteiger partial charge in [-0.1, -0.05) is 12.1 Å². The van der Waals surface area contributed by atoms with Crippen LogP contribution in [-0.2, 0) is 6.54 Å². The van der Waals surface area contributed by atoms with E-state index in [1.165, 1.54) is 35.2 Å². The molecule has 3 rings (SSSR count). The first kappa shape index (κ1) is 13.2. The second kappa shape index (κ2) is 5.28. The maximum Gasteiger partial charge on any atom is 0.261 e. The Hall–Kier alpha value is -2.82. The van der Waals surface area contributed by atoms with Crippen LogP contribution in [0.15, 0.2) is 59.7 Å². The van der Waals surface area contributed by atoms with Crippen molar-refractivity contribution >= 4 is 16.7 Å². The highest BCUT2D eigenvalue weighted by Crippen LogP contribution is 2.07. The predicted octanol–water partition coefficient (Wildman–Crippen LogP) is 2.42. The number of ketones is 1. The number of halogens is 1. The van der Waals surface area contributed by atoms with Crippen molar-refractivity contribution in [3.8, 4) is 0 Å². The van der Waals surface area contributed by atoms with Gasteiger partial charge in [-0.2, -0.15) is 0 Å². The van der Waals surface area contributed by atoms with E-state index in [4.69, 9.17) is 0 Å². The van der Waals surface area contributed by atoms with Gasteiger partial charge in [-0.05, 0) is 36.4 Å². The van der Waals surface area contributed by atoms with Crippen LogP contribution in [0.1, 0.15) is 10.4 Å². The summed E-state index contributed by atoms with van der Waals surface area (Å²) in [4.78, 5) is 28.5. The van der Waals surface area contributed by atoms with E-state index >= 15 is 0 Å². The van der Waals surface area contributed by atoms with Crippen LogP contribution >= 0.6 is 0 Å². The summed E-state index contributed by atoms with van der Waals surface area (Å²) in [6.07, 6.45) is 1.35. The zero-order chi connectivity index (χ0) is 14.8. The van der Waals surface area contributed by atoms with Gasteiger partial charge in [0, 0.05) is 5.56 Å². The second-order valence-corrected chi connectivity index (χ2v) is 4.62. The van der Waals surface area contributed by atoms with Crippen molar-refractivity contribution in [3.05, 3.63) is 76.6 Å². The van der Waals surface area contributed by atoms with E-state index in [1.54, 1.807) is 24.3 Å². The number of nitrogens with zero attached hydrogens (tertiary/aromatic N) is 2. The summed E-state index contributed by atoms with van der Waals surface area (Å²) in [6, 6.07) is 12.2. The Bertz CT molecular complexity index is 869. The minimum Gasteiger partial charge on any atom is -0.292 e. The molecule has 0 atom stereocenters. The van der Waals surface area contributed by atoms with Crippen LogP contribution in [0.3, 0.4) is 0 Å². The average Bonchev–Trinajstić information content (AvgIpc) is 2.51. The SMILES string of the molecule is O=C(Cn1cnc2ccccc2c1=O)c1ccc(F)cc1. The Balaban J connectivity index is 1.95. The first-order valence-corrected chi connectivity index (χ1v) is 6.38. The van der Waals surface area contributed by atoms with Crippen molar-refractivity contribution in [1.29, 1.82) is 0 Å². The maximum absolute atomic E-state index is 12.8. The van der Waals surface area contributed by atoms with E-state index < -0.39 is 5.82 Å². The lowest BCUT2D eigenvalue weighted by Gasteiger charge is -2.06. The van der Waals surface area contributed by atoms with Gasteiger partial charge >= 0.3 is 0 Å². The van der Waals surface area contributed by atoms with Gasteiger partial charge in [0.05, 0.1) is 23.8 Å². The molecule has 0 saturated carbocycles. The molecule has 104 valence electrons. The fourth-order valence-corrected chi connectivity index (χ4v) is 2.10. The summed E-state index contributed by atoms with van der Waals surface area (Å²) < 4.78 is 14.1. The summed E-state index contributed by atoms with van der Waals surface area (Å²) in [5.74, 6) is -0.676. The first-order valence-electron chi connectivity index (χ1n) is 6.38. The van der Waals surface area contributed by atoms with Gasteiger partial charge in [0.25, 0.3) is 5.56 Å². The number of rotatable bonds is 3. The Morgan fingerprint density at radius 3 is 2.57 bits per heavy atom. The van der Waals surface area contributed by atoms with Gasteiger partial charge in [-0.3, -0.25) is 14.2 Å². The zero-order valence-electron chi connectivity index (χ0n) is 11.0. The van der Waals surface area contributed by atoms with Gasteiger partial charge in [-0.25, -0.2) is 9.37 Å². The number of fused-ring (bicyclic) bond motifs is 1. The Morgan fingerprint density at radius 2 is 1.81 bits per heavy atom. The van der Waals surface area contributed by atoms with Crippen LogP contribution in [0.2, 0.25) is 0 Å². The molecule has 1 heterocycles. The number of aromatic nitrogens is 2. The van der Waals surface area contributed by atoms with E-state index in [0.717, 1.165) is 0 Å². The van der Waals surface area contributed by atoms with Crippen LogP contribution in [0.5, 0.6) is 0 Å². The Labute approximate surface area is 119 Å². The quantitative estimate of drug-likeness (QED) is 0.693. The van der Waals surface area contributed by atoms with Crippen LogP contribution in [0.25, 0.3) is 10.9 Å². The molecule has 0 fully saturated rings. The lowest BCUT2D eigenvalue weighted by molar-refractivity contribution is 0.0970. The molecular weight excluding hydrogens is 271 g/mol. The summed E-state index contributed by atoms with van der Waals surface area (Å²) in [7, 11) is 0. The van der Waals surface area contributed by atoms with E-state index in [0.29, 0.717) is 16.5 Å². The molecular formula is C16H11FN2O2. The third-order valence-corrected chi connectivity index (χ3v) is 3.21. The second-order valence-electron chi connectivity index (χ2n) is 4.62. The smallest absolute Gasteiger partial charge is 0.261 e. The molecule has 3 aromatic rings. The molecule has 2 aromatic carbocycles. The van der Waals surface area contributed by atoms with E-state index in [9.17, 15) is 14.0 Å². The summed E-state index contributed by atoms with van der Waals surface area (Å²) in [6.45, 7) is -0.123. The number of Topliss-reactive ketones (excluding diaryl/α,β-unsaturated/α-hetero) is 1. The van der Waals surface area contributed by atoms with E-state index in [-0.39, 0.29) is 17.9 Å². The fourth-order valence-electron chi connectivity index (χ4n) is 2.10. The molecule has 0 bridgehead atoms.